The molecule has 0 aliphatic carbocycles. The lowest BCUT2D eigenvalue weighted by Gasteiger charge is -1.94. The second kappa shape index (κ2) is 4.30. The van der Waals surface area contributed by atoms with E-state index in [1.54, 1.807) is 17.7 Å². The van der Waals surface area contributed by atoms with Crippen LogP contribution in [0.25, 0.3) is 0 Å². The SMILES string of the molecule is Cn1cnnc1Sc1nc(Br)c(Br)s1. The van der Waals surface area contributed by atoms with E-state index < -0.39 is 0 Å². The average molecular weight is 356 g/mol. The molecule has 0 bridgehead atoms. The summed E-state index contributed by atoms with van der Waals surface area (Å²) in [7, 11) is 1.90. The lowest BCUT2D eigenvalue weighted by Crippen LogP contribution is -1.87. The van der Waals surface area contributed by atoms with Crippen LogP contribution in [0.2, 0.25) is 0 Å². The Balaban J connectivity index is 2.23. The maximum Gasteiger partial charge on any atom is 0.197 e. The zero-order chi connectivity index (χ0) is 10.1. The Morgan fingerprint density at radius 3 is 2.79 bits per heavy atom. The highest BCUT2D eigenvalue weighted by molar-refractivity contribution is 9.13. The van der Waals surface area contributed by atoms with Crippen LogP contribution >= 0.6 is 55.0 Å². The van der Waals surface area contributed by atoms with E-state index in [1.807, 2.05) is 11.6 Å². The van der Waals surface area contributed by atoms with Crippen molar-refractivity contribution in [2.75, 3.05) is 0 Å². The summed E-state index contributed by atoms with van der Waals surface area (Å²) >= 11 is 9.78. The molecule has 2 rings (SSSR count). The van der Waals surface area contributed by atoms with Crippen LogP contribution in [-0.2, 0) is 7.05 Å². The van der Waals surface area contributed by atoms with Gasteiger partial charge in [-0.15, -0.1) is 10.2 Å². The molecular weight excluding hydrogens is 352 g/mol. The molecule has 0 amide bonds. The van der Waals surface area contributed by atoms with E-state index in [0.29, 0.717) is 0 Å². The van der Waals surface area contributed by atoms with E-state index in [4.69, 9.17) is 0 Å². The van der Waals surface area contributed by atoms with Crippen molar-refractivity contribution in [1.82, 2.24) is 19.7 Å². The summed E-state index contributed by atoms with van der Waals surface area (Å²) in [5, 5.41) is 8.59. The Hall–Kier alpha value is 0.0800. The number of nitrogens with zero attached hydrogens (tertiary/aromatic N) is 4. The Bertz CT molecular complexity index is 433. The lowest BCUT2D eigenvalue weighted by molar-refractivity contribution is 0.788. The number of aromatic nitrogens is 4. The molecule has 0 atom stereocenters. The number of hydrogen-bond acceptors (Lipinski definition) is 5. The quantitative estimate of drug-likeness (QED) is 0.830. The van der Waals surface area contributed by atoms with Gasteiger partial charge in [-0.25, -0.2) is 4.98 Å². The molecule has 0 saturated heterocycles. The van der Waals surface area contributed by atoms with Crippen molar-refractivity contribution in [2.24, 2.45) is 7.05 Å². The first kappa shape index (κ1) is 10.6. The van der Waals surface area contributed by atoms with Crippen molar-refractivity contribution < 1.29 is 0 Å². The van der Waals surface area contributed by atoms with Gasteiger partial charge in [-0.2, -0.15) is 0 Å². The Labute approximate surface area is 105 Å². The predicted molar refractivity (Wildman–Crippen MR) is 62.6 cm³/mol. The van der Waals surface area contributed by atoms with Crippen LogP contribution in [0.3, 0.4) is 0 Å². The zero-order valence-electron chi connectivity index (χ0n) is 6.94. The highest BCUT2D eigenvalue weighted by Crippen LogP contribution is 2.36. The molecule has 0 fully saturated rings. The molecule has 4 nitrogen and oxygen atoms in total. The highest BCUT2D eigenvalue weighted by Gasteiger charge is 2.10. The standard InChI is InChI=1S/C6H4Br2N4S2/c1-12-2-9-11-5(12)14-6-10-3(7)4(8)13-6/h2H,1H3. The van der Waals surface area contributed by atoms with E-state index in [9.17, 15) is 0 Å². The van der Waals surface area contributed by atoms with Gasteiger partial charge in [0, 0.05) is 7.05 Å². The summed E-state index contributed by atoms with van der Waals surface area (Å²) in [6.07, 6.45) is 1.67. The molecule has 0 spiro atoms. The number of halogens is 2. The van der Waals surface area contributed by atoms with E-state index in [2.05, 4.69) is 47.0 Å². The Kier molecular flexibility index (Phi) is 3.25. The molecule has 14 heavy (non-hydrogen) atoms. The fraction of sp³-hybridized carbons (Fsp3) is 0.167. The van der Waals surface area contributed by atoms with E-state index in [0.717, 1.165) is 17.9 Å². The average Bonchev–Trinajstić information content (AvgIpc) is 2.63. The highest BCUT2D eigenvalue weighted by atomic mass is 79.9. The van der Waals surface area contributed by atoms with Gasteiger partial charge in [0.25, 0.3) is 0 Å². The molecule has 2 aromatic rings. The smallest absolute Gasteiger partial charge is 0.197 e. The van der Waals surface area contributed by atoms with Gasteiger partial charge in [-0.3, -0.25) is 0 Å². The molecule has 0 unspecified atom stereocenters. The lowest BCUT2D eigenvalue weighted by atomic mass is 11.0. The molecular formula is C6H4Br2N4S2. The first-order chi connectivity index (χ1) is 6.66. The van der Waals surface area contributed by atoms with Gasteiger partial charge < -0.3 is 4.57 Å². The Morgan fingerprint density at radius 1 is 1.50 bits per heavy atom. The summed E-state index contributed by atoms with van der Waals surface area (Å²) in [6, 6.07) is 0. The maximum atomic E-state index is 4.30. The second-order valence-corrected chi connectivity index (χ2v) is 6.65. The van der Waals surface area contributed by atoms with Crippen molar-refractivity contribution >= 4 is 55.0 Å². The summed E-state index contributed by atoms with van der Waals surface area (Å²) in [5.41, 5.74) is 0. The zero-order valence-corrected chi connectivity index (χ0v) is 11.7. The second-order valence-electron chi connectivity index (χ2n) is 2.37. The summed E-state index contributed by atoms with van der Waals surface area (Å²) in [4.78, 5) is 4.30. The fourth-order valence-electron chi connectivity index (χ4n) is 0.752. The molecule has 0 N–H and O–H groups in total. The molecule has 0 aromatic carbocycles. The number of aryl methyl sites for hydroxylation is 1. The van der Waals surface area contributed by atoms with Gasteiger partial charge in [0.2, 0.25) is 0 Å². The molecule has 2 heterocycles. The van der Waals surface area contributed by atoms with Crippen LogP contribution in [0, 0.1) is 0 Å². The number of rotatable bonds is 2. The van der Waals surface area contributed by atoms with Gasteiger partial charge in [0.1, 0.15) is 14.7 Å². The van der Waals surface area contributed by atoms with Gasteiger partial charge >= 0.3 is 0 Å². The fourth-order valence-corrected chi connectivity index (χ4v) is 3.91. The largest absolute Gasteiger partial charge is 0.311 e. The third-order valence-electron chi connectivity index (χ3n) is 1.38. The van der Waals surface area contributed by atoms with E-state index >= 15 is 0 Å². The Morgan fingerprint density at radius 2 is 2.29 bits per heavy atom. The van der Waals surface area contributed by atoms with E-state index in [1.165, 1.54) is 11.8 Å². The normalized spacial score (nSPS) is 10.8. The van der Waals surface area contributed by atoms with Crippen molar-refractivity contribution in [3.05, 3.63) is 14.7 Å². The predicted octanol–water partition coefficient (Wildman–Crippen LogP) is 2.95. The molecule has 8 heteroatoms. The maximum absolute atomic E-state index is 4.30. The number of hydrogen-bond donors (Lipinski definition) is 0. The van der Waals surface area contributed by atoms with Crippen LogP contribution < -0.4 is 0 Å². The third kappa shape index (κ3) is 2.18. The van der Waals surface area contributed by atoms with Gasteiger partial charge in [0.15, 0.2) is 9.50 Å². The topological polar surface area (TPSA) is 43.6 Å². The van der Waals surface area contributed by atoms with Crippen molar-refractivity contribution in [3.63, 3.8) is 0 Å². The van der Waals surface area contributed by atoms with Crippen molar-refractivity contribution in [1.29, 1.82) is 0 Å². The van der Waals surface area contributed by atoms with Gasteiger partial charge in [-0.05, 0) is 43.6 Å². The molecule has 0 radical (unpaired) electrons. The van der Waals surface area contributed by atoms with Crippen LogP contribution in [0.1, 0.15) is 0 Å². The summed E-state index contributed by atoms with van der Waals surface area (Å²) in [6.45, 7) is 0. The molecule has 2 aromatic heterocycles. The molecule has 74 valence electrons. The summed E-state index contributed by atoms with van der Waals surface area (Å²) < 4.78 is 4.60. The number of thiazole rings is 1. The minimum atomic E-state index is 0.826. The first-order valence-corrected chi connectivity index (χ1v) is 6.72. The van der Waals surface area contributed by atoms with Gasteiger partial charge in [-0.1, -0.05) is 11.3 Å². The van der Waals surface area contributed by atoms with Crippen LogP contribution in [0.15, 0.2) is 24.2 Å². The van der Waals surface area contributed by atoms with Gasteiger partial charge in [0.05, 0.1) is 0 Å². The van der Waals surface area contributed by atoms with Crippen molar-refractivity contribution in [3.8, 4) is 0 Å². The van der Waals surface area contributed by atoms with Crippen LogP contribution in [0.5, 0.6) is 0 Å². The van der Waals surface area contributed by atoms with Crippen LogP contribution in [0.4, 0.5) is 0 Å². The first-order valence-electron chi connectivity index (χ1n) is 3.50. The van der Waals surface area contributed by atoms with Crippen molar-refractivity contribution in [2.45, 2.75) is 9.50 Å². The minimum absolute atomic E-state index is 0.826. The molecule has 0 saturated carbocycles. The third-order valence-corrected chi connectivity index (χ3v) is 5.56. The molecule has 0 aliphatic rings. The molecule has 0 aliphatic heterocycles. The van der Waals surface area contributed by atoms with Crippen LogP contribution in [-0.4, -0.2) is 19.7 Å². The van der Waals surface area contributed by atoms with E-state index in [-0.39, 0.29) is 0 Å². The minimum Gasteiger partial charge on any atom is -0.311 e. The summed E-state index contributed by atoms with van der Waals surface area (Å²) in [5.74, 6) is 0. The monoisotopic (exact) mass is 354 g/mol.